The zero-order valence-electron chi connectivity index (χ0n) is 16.5. The molecule has 0 aromatic heterocycles. The fraction of sp³-hybridized carbons (Fsp3) is 0.200. The summed E-state index contributed by atoms with van der Waals surface area (Å²) in [5.74, 6) is -0.211. The lowest BCUT2D eigenvalue weighted by Gasteiger charge is -2.14. The minimum absolute atomic E-state index is 0.0984. The second-order valence-electron chi connectivity index (χ2n) is 7.30. The molecule has 0 aliphatic carbocycles. The van der Waals surface area contributed by atoms with Crippen molar-refractivity contribution < 1.29 is 9.59 Å². The highest BCUT2D eigenvalue weighted by Crippen LogP contribution is 2.24. The molecule has 3 aromatic carbocycles. The van der Waals surface area contributed by atoms with Gasteiger partial charge in [0.1, 0.15) is 0 Å². The third kappa shape index (κ3) is 3.61. The third-order valence-electron chi connectivity index (χ3n) is 4.95. The molecule has 2 nitrogen and oxygen atoms in total. The molecule has 0 bridgehead atoms. The van der Waals surface area contributed by atoms with Crippen LogP contribution in [0.3, 0.4) is 0 Å². The molecule has 136 valence electrons. The van der Waals surface area contributed by atoms with Crippen molar-refractivity contribution in [1.29, 1.82) is 0 Å². The number of hydrogen-bond donors (Lipinski definition) is 0. The molecule has 0 spiro atoms. The zero-order chi connectivity index (χ0) is 19.7. The van der Waals surface area contributed by atoms with Gasteiger partial charge in [-0.1, -0.05) is 65.7 Å². The third-order valence-corrected chi connectivity index (χ3v) is 4.95. The molecule has 0 saturated carbocycles. The lowest BCUT2D eigenvalue weighted by molar-refractivity contribution is 0.100. The summed E-state index contributed by atoms with van der Waals surface area (Å²) in [5, 5.41) is 0. The lowest BCUT2D eigenvalue weighted by atomic mass is 9.88. The first-order valence-corrected chi connectivity index (χ1v) is 9.13. The molecular formula is C25H24O2. The molecule has 0 fully saturated rings. The van der Waals surface area contributed by atoms with Gasteiger partial charge >= 0.3 is 0 Å². The first-order valence-electron chi connectivity index (χ1n) is 9.13. The summed E-state index contributed by atoms with van der Waals surface area (Å²) in [4.78, 5) is 26.5. The molecule has 0 N–H and O–H groups in total. The fourth-order valence-electron chi connectivity index (χ4n) is 3.77. The highest BCUT2D eigenvalue weighted by atomic mass is 16.1. The Morgan fingerprint density at radius 3 is 1.63 bits per heavy atom. The topological polar surface area (TPSA) is 34.1 Å². The number of aryl methyl sites for hydroxylation is 5. The van der Waals surface area contributed by atoms with Gasteiger partial charge in [-0.3, -0.25) is 9.59 Å². The minimum atomic E-state index is -0.112. The van der Waals surface area contributed by atoms with Gasteiger partial charge < -0.3 is 0 Å². The van der Waals surface area contributed by atoms with E-state index in [1.807, 2.05) is 77.1 Å². The molecule has 3 rings (SSSR count). The van der Waals surface area contributed by atoms with Crippen LogP contribution in [0.1, 0.15) is 59.7 Å². The van der Waals surface area contributed by atoms with Crippen molar-refractivity contribution >= 4 is 11.6 Å². The second kappa shape index (κ2) is 7.32. The maximum absolute atomic E-state index is 13.3. The van der Waals surface area contributed by atoms with Crippen molar-refractivity contribution in [1.82, 2.24) is 0 Å². The van der Waals surface area contributed by atoms with Gasteiger partial charge in [0.25, 0.3) is 0 Å². The maximum atomic E-state index is 13.3. The Bertz CT molecular complexity index is 1030. The SMILES string of the molecule is Cc1ccc(C(=O)c2ccccc2C(=O)c2c(C)cc(C)cc2C)c(C)c1. The van der Waals surface area contributed by atoms with Gasteiger partial charge in [0.2, 0.25) is 0 Å². The summed E-state index contributed by atoms with van der Waals surface area (Å²) in [7, 11) is 0. The van der Waals surface area contributed by atoms with E-state index in [-0.39, 0.29) is 11.6 Å². The van der Waals surface area contributed by atoms with Gasteiger partial charge in [-0.2, -0.15) is 0 Å². The van der Waals surface area contributed by atoms with E-state index in [1.165, 1.54) is 0 Å². The molecule has 0 unspecified atom stereocenters. The van der Waals surface area contributed by atoms with Crippen LogP contribution >= 0.6 is 0 Å². The summed E-state index contributed by atoms with van der Waals surface area (Å²) in [6, 6.07) is 16.9. The van der Waals surface area contributed by atoms with Gasteiger partial charge in [0.05, 0.1) is 0 Å². The largest absolute Gasteiger partial charge is 0.289 e. The van der Waals surface area contributed by atoms with Crippen LogP contribution in [0.5, 0.6) is 0 Å². The van der Waals surface area contributed by atoms with Crippen LogP contribution in [0.25, 0.3) is 0 Å². The first kappa shape index (κ1) is 18.8. The Kier molecular flexibility index (Phi) is 5.09. The molecule has 0 aliphatic rings. The summed E-state index contributed by atoms with van der Waals surface area (Å²) < 4.78 is 0. The van der Waals surface area contributed by atoms with E-state index in [0.717, 1.165) is 27.8 Å². The average molecular weight is 356 g/mol. The van der Waals surface area contributed by atoms with Crippen LogP contribution in [-0.2, 0) is 0 Å². The Morgan fingerprint density at radius 2 is 1.07 bits per heavy atom. The van der Waals surface area contributed by atoms with Crippen LogP contribution in [0.2, 0.25) is 0 Å². The molecule has 0 amide bonds. The Balaban J connectivity index is 2.12. The van der Waals surface area contributed by atoms with Gasteiger partial charge in [-0.05, 0) is 51.3 Å². The van der Waals surface area contributed by atoms with Crippen molar-refractivity contribution in [2.75, 3.05) is 0 Å². The zero-order valence-corrected chi connectivity index (χ0v) is 16.5. The number of carbonyl (C=O) groups is 2. The van der Waals surface area contributed by atoms with Crippen molar-refractivity contribution in [2.24, 2.45) is 0 Å². The number of carbonyl (C=O) groups excluding carboxylic acids is 2. The van der Waals surface area contributed by atoms with Crippen molar-refractivity contribution in [3.8, 4) is 0 Å². The molecule has 0 radical (unpaired) electrons. The van der Waals surface area contributed by atoms with Crippen molar-refractivity contribution in [2.45, 2.75) is 34.6 Å². The fourth-order valence-corrected chi connectivity index (χ4v) is 3.77. The van der Waals surface area contributed by atoms with Crippen LogP contribution < -0.4 is 0 Å². The quantitative estimate of drug-likeness (QED) is 0.563. The van der Waals surface area contributed by atoms with Crippen molar-refractivity contribution in [3.05, 3.63) is 105 Å². The normalized spacial score (nSPS) is 10.7. The van der Waals surface area contributed by atoms with E-state index < -0.39 is 0 Å². The minimum Gasteiger partial charge on any atom is -0.289 e. The van der Waals surface area contributed by atoms with Crippen LogP contribution in [0.15, 0.2) is 54.6 Å². The molecule has 0 saturated heterocycles. The van der Waals surface area contributed by atoms with Gasteiger partial charge in [-0.25, -0.2) is 0 Å². The number of benzene rings is 3. The van der Waals surface area contributed by atoms with E-state index in [2.05, 4.69) is 0 Å². The van der Waals surface area contributed by atoms with E-state index in [1.54, 1.807) is 12.1 Å². The average Bonchev–Trinajstić information content (AvgIpc) is 2.60. The Morgan fingerprint density at radius 1 is 0.556 bits per heavy atom. The monoisotopic (exact) mass is 356 g/mol. The lowest BCUT2D eigenvalue weighted by Crippen LogP contribution is -2.14. The number of ketones is 2. The van der Waals surface area contributed by atoms with Crippen LogP contribution in [0.4, 0.5) is 0 Å². The molecule has 3 aromatic rings. The number of hydrogen-bond acceptors (Lipinski definition) is 2. The molecular weight excluding hydrogens is 332 g/mol. The molecule has 0 atom stereocenters. The predicted octanol–water partition coefficient (Wildman–Crippen LogP) is 5.69. The Labute approximate surface area is 160 Å². The van der Waals surface area contributed by atoms with E-state index in [0.29, 0.717) is 22.3 Å². The van der Waals surface area contributed by atoms with Gasteiger partial charge in [0.15, 0.2) is 11.6 Å². The molecule has 0 heterocycles. The van der Waals surface area contributed by atoms with Crippen LogP contribution in [0, 0.1) is 34.6 Å². The summed E-state index contributed by atoms with van der Waals surface area (Å²) in [6.45, 7) is 9.84. The van der Waals surface area contributed by atoms with Crippen LogP contribution in [-0.4, -0.2) is 11.6 Å². The van der Waals surface area contributed by atoms with E-state index >= 15 is 0 Å². The van der Waals surface area contributed by atoms with E-state index in [9.17, 15) is 9.59 Å². The van der Waals surface area contributed by atoms with Gasteiger partial charge in [-0.15, -0.1) is 0 Å². The van der Waals surface area contributed by atoms with Crippen molar-refractivity contribution in [3.63, 3.8) is 0 Å². The molecule has 2 heteroatoms. The summed E-state index contributed by atoms with van der Waals surface area (Å²) >= 11 is 0. The smallest absolute Gasteiger partial charge is 0.194 e. The molecule has 27 heavy (non-hydrogen) atoms. The number of rotatable bonds is 4. The second-order valence-corrected chi connectivity index (χ2v) is 7.30. The van der Waals surface area contributed by atoms with E-state index in [4.69, 9.17) is 0 Å². The molecule has 0 aliphatic heterocycles. The first-order chi connectivity index (χ1) is 12.8. The standard InChI is InChI=1S/C25H24O2/c1-15-10-11-20(17(3)12-15)24(26)21-8-6-7-9-22(21)25(27)23-18(4)13-16(2)14-19(23)5/h6-14H,1-5H3. The Hall–Kier alpha value is -3.00. The van der Waals surface area contributed by atoms with Gasteiger partial charge in [0, 0.05) is 22.3 Å². The summed E-state index contributed by atoms with van der Waals surface area (Å²) in [5.41, 5.74) is 7.26. The maximum Gasteiger partial charge on any atom is 0.194 e. The summed E-state index contributed by atoms with van der Waals surface area (Å²) in [6.07, 6.45) is 0. The highest BCUT2D eigenvalue weighted by molar-refractivity contribution is 6.20. The predicted molar refractivity (Wildman–Crippen MR) is 110 cm³/mol. The highest BCUT2D eigenvalue weighted by Gasteiger charge is 2.22.